The second kappa shape index (κ2) is 20.0. The number of fused-ring (bicyclic) bond motifs is 3. The van der Waals surface area contributed by atoms with E-state index in [0.29, 0.717) is 70.3 Å². The Kier molecular flexibility index (Phi) is 14.5. The van der Waals surface area contributed by atoms with Gasteiger partial charge in [0, 0.05) is 47.2 Å². The number of nitrogens with zero attached hydrogens (tertiary/aromatic N) is 3. The molecule has 2 aliphatic carbocycles. The molecule has 1 amide bonds. The van der Waals surface area contributed by atoms with Gasteiger partial charge in [-0.1, -0.05) is 36.6 Å². The molecule has 4 aromatic rings. The molecule has 18 heteroatoms. The molecule has 354 valence electrons. The number of anilines is 1. The smallest absolute Gasteiger partial charge is 0.306 e. The second-order valence-corrected chi connectivity index (χ2v) is 22.3. The Bertz CT molecular complexity index is 2570. The highest BCUT2D eigenvalue weighted by atomic mass is 35.5. The van der Waals surface area contributed by atoms with Crippen LogP contribution in [0.5, 0.6) is 11.5 Å². The highest BCUT2D eigenvalue weighted by Gasteiger charge is 2.65. The first kappa shape index (κ1) is 48.0. The Morgan fingerprint density at radius 3 is 2.53 bits per heavy atom. The molecule has 4 heterocycles. The van der Waals surface area contributed by atoms with E-state index in [4.69, 9.17) is 35.8 Å². The number of halogens is 4. The number of ketones is 1. The topological polar surface area (TPSA) is 157 Å². The molecule has 8 rings (SSSR count). The lowest BCUT2D eigenvalue weighted by Crippen LogP contribution is -2.45. The van der Waals surface area contributed by atoms with Crippen molar-refractivity contribution in [2.75, 3.05) is 19.0 Å². The average Bonchev–Trinajstić information content (AvgIpc) is 3.69. The first-order valence-corrected chi connectivity index (χ1v) is 25.9. The number of pyridine rings is 1. The number of aromatic nitrogens is 2. The number of esters is 1. The van der Waals surface area contributed by atoms with Crippen LogP contribution < -0.4 is 14.8 Å². The van der Waals surface area contributed by atoms with Crippen molar-refractivity contribution in [2.24, 2.45) is 11.8 Å². The summed E-state index contributed by atoms with van der Waals surface area (Å²) in [6.45, 7) is 3.93. The monoisotopic (exact) mass is 970 g/mol. The number of carbonyl (C=O) groups excluding carboxylic acids is 3. The van der Waals surface area contributed by atoms with Crippen LogP contribution in [-0.2, 0) is 29.8 Å². The van der Waals surface area contributed by atoms with Crippen LogP contribution in [-0.4, -0.2) is 80.5 Å². The zero-order valence-corrected chi connectivity index (χ0v) is 39.7. The van der Waals surface area contributed by atoms with Gasteiger partial charge in [0.15, 0.2) is 22.5 Å². The Morgan fingerprint density at radius 1 is 1.02 bits per heavy atom. The molecule has 2 N–H and O–H groups in total. The molecule has 1 unspecified atom stereocenters. The molecule has 0 bridgehead atoms. The molecule has 3 fully saturated rings. The molecule has 2 aromatic carbocycles. The number of rotatable bonds is 12. The number of thiazole rings is 1. The Labute approximate surface area is 391 Å². The number of Topliss-reactive ketones (excluding diaryl/α,β-unsaturated/α-hetero) is 1. The lowest BCUT2D eigenvalue weighted by atomic mass is 9.94. The van der Waals surface area contributed by atoms with Gasteiger partial charge in [-0.05, 0) is 95.4 Å². The molecule has 0 radical (unpaired) electrons. The van der Waals surface area contributed by atoms with Gasteiger partial charge in [0.1, 0.15) is 40.2 Å². The zero-order chi connectivity index (χ0) is 46.9. The minimum Gasteiger partial charge on any atom is -0.495 e. The first-order chi connectivity index (χ1) is 31.6. The summed E-state index contributed by atoms with van der Waals surface area (Å²) in [4.78, 5) is 66.2. The lowest BCUT2D eigenvalue weighted by Gasteiger charge is -2.30. The zero-order valence-electron chi connectivity index (χ0n) is 37.2. The van der Waals surface area contributed by atoms with Gasteiger partial charge >= 0.3 is 5.97 Å². The van der Waals surface area contributed by atoms with Crippen molar-refractivity contribution in [1.29, 1.82) is 0 Å². The Balaban J connectivity index is 1.15. The number of benzene rings is 2. The van der Waals surface area contributed by atoms with Crippen LogP contribution in [0.1, 0.15) is 103 Å². The SMILES string of the molecule is COc1ccc2c(O[C@@H]3C[C@H]4C(=O)C[C@]5(P(=O)(O)Cc6c(F)ccc(F)c6F)C[C@H]5/C=C\CCCCC[C@H](CC(=O)OC5CCCC5)C(=O)N4C3)cc(-c3csc(NC(C)C)n3)nc2c1Cl. The quantitative estimate of drug-likeness (QED) is 0.0603. The normalized spacial score (nSPS) is 25.4. The number of nitrogens with one attached hydrogen (secondary N) is 1. The van der Waals surface area contributed by atoms with Crippen LogP contribution in [0.25, 0.3) is 22.3 Å². The predicted octanol–water partition coefficient (Wildman–Crippen LogP) is 10.8. The van der Waals surface area contributed by atoms with Crippen molar-refractivity contribution >= 4 is 64.0 Å². The number of hydrogen-bond donors (Lipinski definition) is 2. The van der Waals surface area contributed by atoms with Crippen LogP contribution in [0, 0.1) is 29.3 Å². The van der Waals surface area contributed by atoms with E-state index in [9.17, 15) is 28.2 Å². The number of methoxy groups -OCH3 is 1. The van der Waals surface area contributed by atoms with Crippen LogP contribution in [0.2, 0.25) is 5.02 Å². The number of amides is 1. The van der Waals surface area contributed by atoms with E-state index in [-0.39, 0.29) is 43.0 Å². The van der Waals surface area contributed by atoms with E-state index >= 15 is 8.78 Å². The average molecular weight is 971 g/mol. The highest BCUT2D eigenvalue weighted by Crippen LogP contribution is 2.74. The van der Waals surface area contributed by atoms with Crippen molar-refractivity contribution in [2.45, 2.75) is 133 Å². The van der Waals surface area contributed by atoms with E-state index in [1.807, 2.05) is 25.3 Å². The lowest BCUT2D eigenvalue weighted by molar-refractivity contribution is -0.154. The molecule has 0 spiro atoms. The summed E-state index contributed by atoms with van der Waals surface area (Å²) in [6.07, 6.45) is 7.50. The standard InChI is InChI=1S/C48H55ClF3N4O8PS/c1-27(2)53-47-55-37(26-66-47)36-21-41(32-15-18-40(62-3)43(49)45(32)54-36)63-31-20-38-39(57)23-48(65(60,61)25-33-34(50)16-17-35(51)44(33)52)22-29(48)12-8-6-4-5-7-11-28(46(59)56(38)24-31)19-42(58)64-30-13-9-10-14-30/h8,12,15-18,21,26-31,38H,4-7,9-11,13-14,19-20,22-25H2,1-3H3,(H,53,55)(H,60,61)/b12-8-/t28-,29-,31-,38+,48-/m1/s1. The maximum absolute atomic E-state index is 15.0. The molecule has 6 atom stereocenters. The summed E-state index contributed by atoms with van der Waals surface area (Å²) in [6, 6.07) is 5.44. The van der Waals surface area contributed by atoms with Crippen molar-refractivity contribution in [3.05, 3.63) is 75.9 Å². The highest BCUT2D eigenvalue weighted by molar-refractivity contribution is 7.59. The summed E-state index contributed by atoms with van der Waals surface area (Å²) in [5.41, 5.74) is 0.505. The molecule has 4 aliphatic rings. The number of allylic oxidation sites excluding steroid dienone is 2. The second-order valence-electron chi connectivity index (χ2n) is 18.4. The van der Waals surface area contributed by atoms with Crippen molar-refractivity contribution < 1.29 is 51.2 Å². The molecule has 66 heavy (non-hydrogen) atoms. The van der Waals surface area contributed by atoms with Gasteiger partial charge in [0.25, 0.3) is 0 Å². The molecular formula is C48H55ClF3N4O8PS. The third-order valence-electron chi connectivity index (χ3n) is 13.4. The largest absolute Gasteiger partial charge is 0.495 e. The fourth-order valence-electron chi connectivity index (χ4n) is 9.79. The molecule has 2 aromatic heterocycles. The summed E-state index contributed by atoms with van der Waals surface area (Å²) >= 11 is 8.27. The number of hydrogen-bond acceptors (Lipinski definition) is 11. The maximum Gasteiger partial charge on any atom is 0.306 e. The van der Waals surface area contributed by atoms with Gasteiger partial charge < -0.3 is 29.3 Å². The van der Waals surface area contributed by atoms with Gasteiger partial charge in [0.2, 0.25) is 13.3 Å². The summed E-state index contributed by atoms with van der Waals surface area (Å²) in [7, 11) is -3.18. The van der Waals surface area contributed by atoms with Gasteiger partial charge in [-0.2, -0.15) is 0 Å². The first-order valence-electron chi connectivity index (χ1n) is 22.8. The van der Waals surface area contributed by atoms with Crippen molar-refractivity contribution in [1.82, 2.24) is 14.9 Å². The van der Waals surface area contributed by atoms with E-state index in [0.717, 1.165) is 38.5 Å². The van der Waals surface area contributed by atoms with Gasteiger partial charge in [-0.15, -0.1) is 11.3 Å². The van der Waals surface area contributed by atoms with Crippen LogP contribution >= 0.6 is 30.3 Å². The van der Waals surface area contributed by atoms with Crippen molar-refractivity contribution in [3.63, 3.8) is 0 Å². The summed E-state index contributed by atoms with van der Waals surface area (Å²) in [5.74, 6) is -6.24. The van der Waals surface area contributed by atoms with E-state index in [1.165, 1.54) is 23.3 Å². The Morgan fingerprint density at radius 2 is 1.77 bits per heavy atom. The van der Waals surface area contributed by atoms with E-state index in [2.05, 4.69) is 5.32 Å². The Hall–Kier alpha value is -4.50. The van der Waals surface area contributed by atoms with Gasteiger partial charge in [-0.25, -0.2) is 23.1 Å². The molecule has 2 saturated carbocycles. The third kappa shape index (κ3) is 10.2. The predicted molar refractivity (Wildman–Crippen MR) is 247 cm³/mol. The minimum atomic E-state index is -4.67. The molecule has 1 saturated heterocycles. The van der Waals surface area contributed by atoms with Gasteiger partial charge in [0.05, 0.1) is 48.6 Å². The third-order valence-corrected chi connectivity index (χ3v) is 17.3. The van der Waals surface area contributed by atoms with Crippen molar-refractivity contribution in [3.8, 4) is 22.9 Å². The number of ether oxygens (including phenoxy) is 3. The maximum atomic E-state index is 15.0. The number of carbonyl (C=O) groups is 3. The molecule has 2 aliphatic heterocycles. The molecular weight excluding hydrogens is 916 g/mol. The molecule has 12 nitrogen and oxygen atoms in total. The summed E-state index contributed by atoms with van der Waals surface area (Å²) in [5, 5.41) is 4.97. The van der Waals surface area contributed by atoms with Crippen LogP contribution in [0.4, 0.5) is 18.3 Å². The fourth-order valence-corrected chi connectivity index (χ4v) is 13.5. The van der Waals surface area contributed by atoms with E-state index in [1.54, 1.807) is 24.3 Å². The van der Waals surface area contributed by atoms with Gasteiger partial charge in [-0.3, -0.25) is 18.9 Å². The minimum absolute atomic E-state index is 0.0223. The van der Waals surface area contributed by atoms with Crippen LogP contribution in [0.3, 0.4) is 0 Å². The van der Waals surface area contributed by atoms with E-state index < -0.39 is 89.8 Å². The summed E-state index contributed by atoms with van der Waals surface area (Å²) < 4.78 is 77.1. The fraction of sp³-hybridized carbons (Fsp3) is 0.521. The van der Waals surface area contributed by atoms with Crippen LogP contribution in [0.15, 0.2) is 47.9 Å².